The predicted molar refractivity (Wildman–Crippen MR) is 81.6 cm³/mol. The van der Waals surface area contributed by atoms with Gasteiger partial charge in [-0.25, -0.2) is 0 Å². The second kappa shape index (κ2) is 5.92. The zero-order valence-electron chi connectivity index (χ0n) is 12.0. The third-order valence-electron chi connectivity index (χ3n) is 3.89. The van der Waals surface area contributed by atoms with E-state index in [1.807, 2.05) is 12.1 Å². The number of phenolic OH excluding ortho intramolecular Hbond substituents is 1. The Labute approximate surface area is 115 Å². The van der Waals surface area contributed by atoms with Gasteiger partial charge in [-0.15, -0.1) is 0 Å². The Morgan fingerprint density at radius 1 is 1.00 bits per heavy atom. The highest BCUT2D eigenvalue weighted by Crippen LogP contribution is 2.39. The topological polar surface area (TPSA) is 20.2 Å². The molecule has 1 unspecified atom stereocenters. The van der Waals surface area contributed by atoms with E-state index in [9.17, 15) is 5.11 Å². The Bertz CT molecular complexity index is 557. The fourth-order valence-corrected chi connectivity index (χ4v) is 2.55. The average Bonchev–Trinajstić information content (AvgIpc) is 2.46. The highest BCUT2D eigenvalue weighted by molar-refractivity contribution is 5.76. The van der Waals surface area contributed by atoms with Crippen molar-refractivity contribution in [1.82, 2.24) is 0 Å². The van der Waals surface area contributed by atoms with Crippen molar-refractivity contribution in [2.45, 2.75) is 39.5 Å². The molecule has 100 valence electrons. The van der Waals surface area contributed by atoms with E-state index < -0.39 is 0 Å². The van der Waals surface area contributed by atoms with Crippen LogP contribution in [0.25, 0.3) is 11.1 Å². The molecule has 1 nitrogen and oxygen atoms in total. The lowest BCUT2D eigenvalue weighted by molar-refractivity contribution is 0.476. The quantitative estimate of drug-likeness (QED) is 0.801. The standard InChI is InChI=1S/C18H22O/c1-4-13(3)15-11-8-12-17(19)18(15)16-10-7-6-9-14(16)5-2/h6-13,19H,4-5H2,1-3H3. The summed E-state index contributed by atoms with van der Waals surface area (Å²) in [6.45, 7) is 6.55. The molecule has 0 aliphatic heterocycles. The van der Waals surface area contributed by atoms with Gasteiger partial charge >= 0.3 is 0 Å². The fraction of sp³-hybridized carbons (Fsp3) is 0.333. The first-order chi connectivity index (χ1) is 9.19. The second-order valence-corrected chi connectivity index (χ2v) is 5.06. The first-order valence-electron chi connectivity index (χ1n) is 7.09. The number of hydrogen-bond donors (Lipinski definition) is 1. The average molecular weight is 254 g/mol. The van der Waals surface area contributed by atoms with Gasteiger partial charge in [0.1, 0.15) is 5.75 Å². The first-order valence-corrected chi connectivity index (χ1v) is 7.09. The van der Waals surface area contributed by atoms with Crippen molar-refractivity contribution in [1.29, 1.82) is 0 Å². The molecule has 0 heterocycles. The predicted octanol–water partition coefficient (Wildman–Crippen LogP) is 5.14. The lowest BCUT2D eigenvalue weighted by Gasteiger charge is -2.18. The fourth-order valence-electron chi connectivity index (χ4n) is 2.55. The Kier molecular flexibility index (Phi) is 4.26. The summed E-state index contributed by atoms with van der Waals surface area (Å²) < 4.78 is 0. The zero-order valence-corrected chi connectivity index (χ0v) is 12.0. The van der Waals surface area contributed by atoms with Gasteiger partial charge in [0, 0.05) is 5.56 Å². The first kappa shape index (κ1) is 13.7. The molecule has 0 aromatic heterocycles. The van der Waals surface area contributed by atoms with Gasteiger partial charge in [-0.2, -0.15) is 0 Å². The summed E-state index contributed by atoms with van der Waals surface area (Å²) in [7, 11) is 0. The van der Waals surface area contributed by atoms with E-state index in [0.717, 1.165) is 18.4 Å². The van der Waals surface area contributed by atoms with Crippen LogP contribution in [0.4, 0.5) is 0 Å². The van der Waals surface area contributed by atoms with Gasteiger partial charge < -0.3 is 5.11 Å². The van der Waals surface area contributed by atoms with E-state index in [1.54, 1.807) is 6.07 Å². The summed E-state index contributed by atoms with van der Waals surface area (Å²) in [5.41, 5.74) is 4.70. The third-order valence-corrected chi connectivity index (χ3v) is 3.89. The van der Waals surface area contributed by atoms with Crippen LogP contribution in [-0.2, 0) is 6.42 Å². The monoisotopic (exact) mass is 254 g/mol. The second-order valence-electron chi connectivity index (χ2n) is 5.06. The summed E-state index contributed by atoms with van der Waals surface area (Å²) in [6, 6.07) is 14.2. The van der Waals surface area contributed by atoms with Crippen LogP contribution < -0.4 is 0 Å². The van der Waals surface area contributed by atoms with Crippen LogP contribution in [0, 0.1) is 0 Å². The molecule has 0 aliphatic rings. The number of aromatic hydroxyl groups is 1. The van der Waals surface area contributed by atoms with E-state index in [4.69, 9.17) is 0 Å². The highest BCUT2D eigenvalue weighted by atomic mass is 16.3. The molecule has 0 radical (unpaired) electrons. The van der Waals surface area contributed by atoms with Crippen LogP contribution in [0.3, 0.4) is 0 Å². The number of rotatable bonds is 4. The van der Waals surface area contributed by atoms with Gasteiger partial charge in [-0.05, 0) is 41.5 Å². The number of phenols is 1. The maximum atomic E-state index is 10.3. The highest BCUT2D eigenvalue weighted by Gasteiger charge is 2.16. The largest absolute Gasteiger partial charge is 0.507 e. The molecule has 2 aromatic carbocycles. The normalized spacial score (nSPS) is 12.4. The van der Waals surface area contributed by atoms with Crippen molar-refractivity contribution in [2.75, 3.05) is 0 Å². The van der Waals surface area contributed by atoms with Crippen LogP contribution >= 0.6 is 0 Å². The van der Waals surface area contributed by atoms with E-state index in [0.29, 0.717) is 11.7 Å². The Morgan fingerprint density at radius 3 is 2.42 bits per heavy atom. The van der Waals surface area contributed by atoms with Crippen molar-refractivity contribution in [3.8, 4) is 16.9 Å². The molecule has 0 amide bonds. The Morgan fingerprint density at radius 2 is 1.74 bits per heavy atom. The molecule has 0 fully saturated rings. The number of benzene rings is 2. The van der Waals surface area contributed by atoms with E-state index in [-0.39, 0.29) is 0 Å². The molecule has 0 spiro atoms. The maximum absolute atomic E-state index is 10.3. The number of hydrogen-bond acceptors (Lipinski definition) is 1. The molecule has 1 atom stereocenters. The smallest absolute Gasteiger partial charge is 0.123 e. The molecule has 1 N–H and O–H groups in total. The Hall–Kier alpha value is -1.76. The van der Waals surface area contributed by atoms with Gasteiger partial charge in [0.15, 0.2) is 0 Å². The summed E-state index contributed by atoms with van der Waals surface area (Å²) in [4.78, 5) is 0. The van der Waals surface area contributed by atoms with Crippen molar-refractivity contribution in [2.24, 2.45) is 0 Å². The summed E-state index contributed by atoms with van der Waals surface area (Å²) in [5, 5.41) is 10.3. The molecule has 2 aromatic rings. The van der Waals surface area contributed by atoms with E-state index in [1.165, 1.54) is 16.7 Å². The van der Waals surface area contributed by atoms with Crippen LogP contribution in [0.1, 0.15) is 44.2 Å². The minimum Gasteiger partial charge on any atom is -0.507 e. The summed E-state index contributed by atoms with van der Waals surface area (Å²) in [6.07, 6.45) is 2.05. The van der Waals surface area contributed by atoms with Crippen LogP contribution in [0.5, 0.6) is 5.75 Å². The van der Waals surface area contributed by atoms with Gasteiger partial charge in [-0.3, -0.25) is 0 Å². The van der Waals surface area contributed by atoms with Crippen molar-refractivity contribution >= 4 is 0 Å². The Balaban J connectivity index is 2.67. The third kappa shape index (κ3) is 2.65. The number of aryl methyl sites for hydroxylation is 1. The van der Waals surface area contributed by atoms with Crippen LogP contribution in [0.2, 0.25) is 0 Å². The van der Waals surface area contributed by atoms with Crippen molar-refractivity contribution in [3.05, 3.63) is 53.6 Å². The summed E-state index contributed by atoms with van der Waals surface area (Å²) >= 11 is 0. The molecule has 0 saturated heterocycles. The molecular weight excluding hydrogens is 232 g/mol. The summed E-state index contributed by atoms with van der Waals surface area (Å²) in [5.74, 6) is 0.839. The molecule has 19 heavy (non-hydrogen) atoms. The minimum absolute atomic E-state index is 0.388. The van der Waals surface area contributed by atoms with Crippen LogP contribution in [-0.4, -0.2) is 5.11 Å². The van der Waals surface area contributed by atoms with Gasteiger partial charge in [0.2, 0.25) is 0 Å². The van der Waals surface area contributed by atoms with E-state index >= 15 is 0 Å². The van der Waals surface area contributed by atoms with Gasteiger partial charge in [-0.1, -0.05) is 57.2 Å². The molecule has 1 heteroatoms. The minimum atomic E-state index is 0.388. The SMILES string of the molecule is CCc1ccccc1-c1c(O)cccc1C(C)CC. The van der Waals surface area contributed by atoms with Gasteiger partial charge in [0.05, 0.1) is 0 Å². The zero-order chi connectivity index (χ0) is 13.8. The van der Waals surface area contributed by atoms with Gasteiger partial charge in [0.25, 0.3) is 0 Å². The van der Waals surface area contributed by atoms with Crippen molar-refractivity contribution < 1.29 is 5.11 Å². The lowest BCUT2D eigenvalue weighted by Crippen LogP contribution is -1.97. The molecule has 2 rings (SSSR count). The van der Waals surface area contributed by atoms with Crippen molar-refractivity contribution in [3.63, 3.8) is 0 Å². The van der Waals surface area contributed by atoms with Crippen LogP contribution in [0.15, 0.2) is 42.5 Å². The lowest BCUT2D eigenvalue weighted by atomic mass is 9.87. The molecule has 0 saturated carbocycles. The molecule has 0 bridgehead atoms. The van der Waals surface area contributed by atoms with E-state index in [2.05, 4.69) is 45.0 Å². The molecular formula is C18H22O. The molecule has 0 aliphatic carbocycles. The maximum Gasteiger partial charge on any atom is 0.123 e.